The molecule has 34 heavy (non-hydrogen) atoms. The minimum absolute atomic E-state index is 0.0108. The molecule has 1 aromatic carbocycles. The molecule has 0 N–H and O–H groups in total. The van der Waals surface area contributed by atoms with E-state index < -0.39 is 0 Å². The molecule has 1 fully saturated rings. The Hall–Kier alpha value is -2.05. The summed E-state index contributed by atoms with van der Waals surface area (Å²) < 4.78 is 6.09. The fraction of sp³-hybridized carbons (Fsp3) is 0.556. The minimum atomic E-state index is -0.160. The Bertz CT molecular complexity index is 969. The van der Waals surface area contributed by atoms with Crippen molar-refractivity contribution in [1.82, 2.24) is 9.80 Å². The van der Waals surface area contributed by atoms with Crippen LogP contribution in [0.4, 0.5) is 0 Å². The molecule has 0 radical (unpaired) electrons. The number of hydrogen-bond donors (Lipinski definition) is 0. The number of ether oxygens (including phenoxy) is 1. The number of halogens is 1. The van der Waals surface area contributed by atoms with Gasteiger partial charge in [-0.3, -0.25) is 9.59 Å². The molecular formula is C27H35ClN2O3S. The van der Waals surface area contributed by atoms with Crippen LogP contribution in [0.2, 0.25) is 5.02 Å². The molecule has 1 aliphatic heterocycles. The second-order valence-corrected chi connectivity index (χ2v) is 11.3. The van der Waals surface area contributed by atoms with E-state index in [4.69, 9.17) is 16.3 Å². The van der Waals surface area contributed by atoms with Gasteiger partial charge >= 0.3 is 0 Å². The first kappa shape index (κ1) is 25.1. The summed E-state index contributed by atoms with van der Waals surface area (Å²) in [5.41, 5.74) is 1.16. The maximum absolute atomic E-state index is 13.6. The summed E-state index contributed by atoms with van der Waals surface area (Å²) in [7, 11) is 0. The largest absolute Gasteiger partial charge is 0.491 e. The van der Waals surface area contributed by atoms with Gasteiger partial charge in [0.25, 0.3) is 0 Å². The van der Waals surface area contributed by atoms with Crippen LogP contribution in [0, 0.1) is 11.8 Å². The molecular weight excluding hydrogens is 468 g/mol. The highest BCUT2D eigenvalue weighted by atomic mass is 35.5. The molecule has 5 nitrogen and oxygen atoms in total. The number of fused-ring (bicyclic) bond motifs is 1. The van der Waals surface area contributed by atoms with Crippen molar-refractivity contribution in [2.24, 2.45) is 11.8 Å². The van der Waals surface area contributed by atoms with Crippen molar-refractivity contribution in [2.45, 2.75) is 58.4 Å². The van der Waals surface area contributed by atoms with Gasteiger partial charge in [-0.2, -0.15) is 0 Å². The molecule has 2 amide bonds. The zero-order valence-corrected chi connectivity index (χ0v) is 21.7. The molecule has 2 heterocycles. The molecule has 2 aliphatic rings. The van der Waals surface area contributed by atoms with Crippen molar-refractivity contribution < 1.29 is 14.3 Å². The van der Waals surface area contributed by atoms with E-state index in [-0.39, 0.29) is 30.3 Å². The number of thiophene rings is 1. The van der Waals surface area contributed by atoms with Crippen LogP contribution in [0.3, 0.4) is 0 Å². The Morgan fingerprint density at radius 1 is 1.18 bits per heavy atom. The predicted molar refractivity (Wildman–Crippen MR) is 137 cm³/mol. The lowest BCUT2D eigenvalue weighted by Gasteiger charge is -2.37. The lowest BCUT2D eigenvalue weighted by molar-refractivity contribution is -0.144. The van der Waals surface area contributed by atoms with Crippen molar-refractivity contribution in [3.63, 3.8) is 0 Å². The zero-order valence-electron chi connectivity index (χ0n) is 20.2. The van der Waals surface area contributed by atoms with Crippen LogP contribution in [0.25, 0.3) is 0 Å². The summed E-state index contributed by atoms with van der Waals surface area (Å²) in [6.45, 7) is 6.14. The second-order valence-electron chi connectivity index (χ2n) is 9.84. The number of hydrogen-bond acceptors (Lipinski definition) is 4. The van der Waals surface area contributed by atoms with Gasteiger partial charge in [0.2, 0.25) is 11.8 Å². The van der Waals surface area contributed by atoms with Crippen molar-refractivity contribution >= 4 is 34.8 Å². The van der Waals surface area contributed by atoms with Crippen LogP contribution >= 0.6 is 22.9 Å². The predicted octanol–water partition coefficient (Wildman–Crippen LogP) is 5.97. The number of nitrogens with zero attached hydrogens (tertiary/aromatic N) is 2. The molecule has 0 bridgehead atoms. The molecule has 2 aromatic rings. The van der Waals surface area contributed by atoms with Crippen LogP contribution in [0.1, 0.15) is 62.4 Å². The number of benzene rings is 1. The van der Waals surface area contributed by atoms with Gasteiger partial charge in [-0.05, 0) is 72.9 Å². The monoisotopic (exact) mass is 502 g/mol. The van der Waals surface area contributed by atoms with Crippen molar-refractivity contribution in [3.05, 3.63) is 51.2 Å². The SMILES string of the molecule is CC(C)CCN(CC(=O)N1CCc2sccc2[C@H]1COc1ccc(Cl)cc1)C(=O)C1CCCC1. The van der Waals surface area contributed by atoms with Gasteiger partial charge in [-0.25, -0.2) is 0 Å². The van der Waals surface area contributed by atoms with E-state index in [2.05, 4.69) is 25.3 Å². The van der Waals surface area contributed by atoms with E-state index >= 15 is 0 Å². The molecule has 1 saturated carbocycles. The van der Waals surface area contributed by atoms with Crippen LogP contribution in [0.5, 0.6) is 5.75 Å². The summed E-state index contributed by atoms with van der Waals surface area (Å²) in [6.07, 6.45) is 5.87. The molecule has 1 aliphatic carbocycles. The third kappa shape index (κ3) is 6.14. The van der Waals surface area contributed by atoms with Gasteiger partial charge in [0.15, 0.2) is 0 Å². The third-order valence-corrected chi connectivity index (χ3v) is 8.20. The molecule has 0 saturated heterocycles. The standard InChI is InChI=1S/C27H35ClN2O3S/c1-19(2)11-14-29(27(32)20-5-3-4-6-20)17-26(31)30-15-12-25-23(13-16-34-25)24(30)18-33-22-9-7-21(28)8-10-22/h7-10,13,16,19-20,24H,3-6,11-12,14-15,17-18H2,1-2H3/t24-/m1/s1. The lowest BCUT2D eigenvalue weighted by Crippen LogP contribution is -2.49. The fourth-order valence-electron chi connectivity index (χ4n) is 4.95. The van der Waals surface area contributed by atoms with Crippen LogP contribution in [-0.4, -0.2) is 47.9 Å². The highest BCUT2D eigenvalue weighted by Gasteiger charge is 2.35. The van der Waals surface area contributed by atoms with Gasteiger partial charge in [0.1, 0.15) is 12.4 Å². The van der Waals surface area contributed by atoms with Gasteiger partial charge < -0.3 is 14.5 Å². The maximum Gasteiger partial charge on any atom is 0.242 e. The Morgan fingerprint density at radius 3 is 2.62 bits per heavy atom. The van der Waals surface area contributed by atoms with E-state index in [0.29, 0.717) is 30.6 Å². The Balaban J connectivity index is 1.48. The van der Waals surface area contributed by atoms with Crippen molar-refractivity contribution in [2.75, 3.05) is 26.2 Å². The Labute approximate surface area is 212 Å². The first-order valence-corrected chi connectivity index (χ1v) is 13.7. The van der Waals surface area contributed by atoms with Gasteiger partial charge in [0.05, 0.1) is 12.6 Å². The second kappa shape index (κ2) is 11.6. The van der Waals surface area contributed by atoms with Gasteiger partial charge in [0, 0.05) is 28.9 Å². The van der Waals surface area contributed by atoms with Gasteiger partial charge in [-0.1, -0.05) is 38.3 Å². The molecule has 4 rings (SSSR count). The lowest BCUT2D eigenvalue weighted by atomic mass is 10.00. The number of rotatable bonds is 9. The van der Waals surface area contributed by atoms with Crippen LogP contribution < -0.4 is 4.74 Å². The van der Waals surface area contributed by atoms with E-state index in [1.165, 1.54) is 4.88 Å². The topological polar surface area (TPSA) is 49.9 Å². The van der Waals surface area contributed by atoms with Crippen molar-refractivity contribution in [3.8, 4) is 5.75 Å². The average Bonchev–Trinajstić information content (AvgIpc) is 3.53. The van der Waals surface area contributed by atoms with E-state index in [1.807, 2.05) is 21.9 Å². The van der Waals surface area contributed by atoms with Crippen molar-refractivity contribution in [1.29, 1.82) is 0 Å². The van der Waals surface area contributed by atoms with Crippen LogP contribution in [-0.2, 0) is 16.0 Å². The highest BCUT2D eigenvalue weighted by molar-refractivity contribution is 7.10. The Kier molecular flexibility index (Phi) is 8.54. The maximum atomic E-state index is 13.6. The number of carbonyl (C=O) groups excluding carboxylic acids is 2. The molecule has 1 atom stereocenters. The Morgan fingerprint density at radius 2 is 1.91 bits per heavy atom. The normalized spacial score (nSPS) is 18.2. The van der Waals surface area contributed by atoms with E-state index in [1.54, 1.807) is 23.5 Å². The molecule has 7 heteroatoms. The quantitative estimate of drug-likeness (QED) is 0.424. The van der Waals surface area contributed by atoms with E-state index in [9.17, 15) is 9.59 Å². The minimum Gasteiger partial charge on any atom is -0.491 e. The molecule has 1 aromatic heterocycles. The first-order valence-electron chi connectivity index (χ1n) is 12.4. The highest BCUT2D eigenvalue weighted by Crippen LogP contribution is 2.34. The van der Waals surface area contributed by atoms with Crippen LogP contribution in [0.15, 0.2) is 35.7 Å². The summed E-state index contributed by atoms with van der Waals surface area (Å²) in [5, 5.41) is 2.75. The number of carbonyl (C=O) groups is 2. The average molecular weight is 503 g/mol. The summed E-state index contributed by atoms with van der Waals surface area (Å²) in [4.78, 5) is 32.0. The molecule has 184 valence electrons. The van der Waals surface area contributed by atoms with E-state index in [0.717, 1.165) is 49.8 Å². The molecule has 0 unspecified atom stereocenters. The smallest absolute Gasteiger partial charge is 0.242 e. The third-order valence-electron chi connectivity index (χ3n) is 6.96. The van der Waals surface area contributed by atoms with Gasteiger partial charge in [-0.15, -0.1) is 11.3 Å². The molecule has 0 spiro atoms. The fourth-order valence-corrected chi connectivity index (χ4v) is 6.00. The summed E-state index contributed by atoms with van der Waals surface area (Å²) >= 11 is 7.74. The summed E-state index contributed by atoms with van der Waals surface area (Å²) in [6, 6.07) is 9.25. The number of amides is 2. The zero-order chi connectivity index (χ0) is 24.1. The summed E-state index contributed by atoms with van der Waals surface area (Å²) in [5.74, 6) is 1.46. The first-order chi connectivity index (χ1) is 16.4.